The summed E-state index contributed by atoms with van der Waals surface area (Å²) in [6, 6.07) is 15.0. The van der Waals surface area contributed by atoms with Crippen molar-refractivity contribution in [1.29, 1.82) is 5.26 Å². The minimum Gasteiger partial charge on any atom is -0.475 e. The lowest BCUT2D eigenvalue weighted by atomic mass is 9.93. The van der Waals surface area contributed by atoms with E-state index in [0.717, 1.165) is 48.2 Å². The van der Waals surface area contributed by atoms with Crippen LogP contribution in [0.4, 0.5) is 10.1 Å². The molecule has 3 saturated heterocycles. The maximum absolute atomic E-state index is 14.6. The minimum absolute atomic E-state index is 0.151. The molecule has 0 bridgehead atoms. The average molecular weight is 617 g/mol. The van der Waals surface area contributed by atoms with E-state index in [1.165, 1.54) is 29.2 Å². The predicted octanol–water partition coefficient (Wildman–Crippen LogP) is 5.51. The van der Waals surface area contributed by atoms with Gasteiger partial charge in [0.25, 0.3) is 0 Å². The molecule has 1 aromatic heterocycles. The van der Waals surface area contributed by atoms with E-state index in [1.54, 1.807) is 4.90 Å². The minimum atomic E-state index is -0.880. The van der Waals surface area contributed by atoms with Crippen molar-refractivity contribution >= 4 is 22.5 Å². The second-order valence-electron chi connectivity index (χ2n) is 13.7. The second kappa shape index (κ2) is 11.1. The predicted molar refractivity (Wildman–Crippen MR) is 174 cm³/mol. The molecule has 3 aromatic rings. The Labute approximate surface area is 268 Å². The zero-order chi connectivity index (χ0) is 31.6. The fourth-order valence-corrected chi connectivity index (χ4v) is 8.90. The number of carbonyl (C=O) groups excluding carboxylic acids is 1. The molecular weight excluding hydrogens is 579 g/mol. The van der Waals surface area contributed by atoms with E-state index in [0.29, 0.717) is 49.8 Å². The number of pyridine rings is 1. The van der Waals surface area contributed by atoms with E-state index < -0.39 is 6.17 Å². The molecule has 2 aliphatic carbocycles. The SMILES string of the molecule is [C-]#[N+]C[C@H]1CN(c2c(C#N)c(OCC34CCCN3C[C@H](F)C4)nc3cc(-c4cccc5c4C4CC4C5)ccc23)CCN1C(=O)C=C. The lowest BCUT2D eigenvalue weighted by Gasteiger charge is -2.40. The molecule has 1 saturated carbocycles. The van der Waals surface area contributed by atoms with Gasteiger partial charge in [-0.15, -0.1) is 0 Å². The van der Waals surface area contributed by atoms with E-state index in [4.69, 9.17) is 16.3 Å². The van der Waals surface area contributed by atoms with E-state index in [1.807, 2.05) is 0 Å². The van der Waals surface area contributed by atoms with E-state index in [2.05, 4.69) is 63.7 Å². The van der Waals surface area contributed by atoms with Crippen molar-refractivity contribution in [3.05, 3.63) is 77.2 Å². The fraction of sp³-hybridized carbons (Fsp3) is 0.459. The number of amides is 1. The number of anilines is 1. The highest BCUT2D eigenvalue weighted by molar-refractivity contribution is 5.98. The third-order valence-electron chi connectivity index (χ3n) is 11.1. The standard InChI is InChI=1S/C37H37FN6O2/c1-3-33(45)44-13-12-42(21-27(44)19-40-2)35-29-9-8-23(28-7-4-6-24-14-25-15-30(25)34(24)28)16-32(29)41-36(31(35)18-39)46-22-37-10-5-11-43(37)20-26(38)17-37/h3-4,6-9,16,25-27,30H,1,5,10-15,17,19-22H2/t25?,26-,27+,30?,37?/m1/s1. The first-order valence-electron chi connectivity index (χ1n) is 16.5. The van der Waals surface area contributed by atoms with Gasteiger partial charge in [0.1, 0.15) is 30.5 Å². The molecule has 2 aromatic carbocycles. The van der Waals surface area contributed by atoms with Crippen molar-refractivity contribution in [3.8, 4) is 23.1 Å². The molecule has 4 fully saturated rings. The Balaban J connectivity index is 1.23. The highest BCUT2D eigenvalue weighted by Crippen LogP contribution is 2.58. The zero-order valence-corrected chi connectivity index (χ0v) is 25.9. The number of ether oxygens (including phenoxy) is 1. The molecule has 0 spiro atoms. The van der Waals surface area contributed by atoms with Gasteiger partial charge in [0, 0.05) is 38.0 Å². The van der Waals surface area contributed by atoms with Gasteiger partial charge in [-0.05, 0) is 78.5 Å². The summed E-state index contributed by atoms with van der Waals surface area (Å²) in [5, 5.41) is 11.5. The van der Waals surface area contributed by atoms with Crippen LogP contribution >= 0.6 is 0 Å². The number of fused-ring (bicyclic) bond motifs is 5. The second-order valence-corrected chi connectivity index (χ2v) is 13.7. The van der Waals surface area contributed by atoms with Crippen LogP contribution < -0.4 is 9.64 Å². The highest BCUT2D eigenvalue weighted by atomic mass is 19.1. The number of benzene rings is 2. The molecule has 3 unspecified atom stereocenters. The molecule has 8 nitrogen and oxygen atoms in total. The first-order valence-corrected chi connectivity index (χ1v) is 16.5. The number of hydrogen-bond acceptors (Lipinski definition) is 6. The molecule has 5 atom stereocenters. The summed E-state index contributed by atoms with van der Waals surface area (Å²) in [5.74, 6) is 1.47. The van der Waals surface area contributed by atoms with Crippen LogP contribution in [0.5, 0.6) is 5.88 Å². The quantitative estimate of drug-likeness (QED) is 0.258. The first-order chi connectivity index (χ1) is 22.4. The van der Waals surface area contributed by atoms with E-state index in [9.17, 15) is 14.4 Å². The Bertz CT molecular complexity index is 1850. The van der Waals surface area contributed by atoms with Crippen molar-refractivity contribution in [3.63, 3.8) is 0 Å². The summed E-state index contributed by atoms with van der Waals surface area (Å²) in [4.78, 5) is 27.3. The Kier molecular flexibility index (Phi) is 6.99. The molecule has 9 heteroatoms. The summed E-state index contributed by atoms with van der Waals surface area (Å²) in [5.41, 5.74) is 6.64. The molecule has 234 valence electrons. The largest absolute Gasteiger partial charge is 0.475 e. The Morgan fingerprint density at radius 3 is 2.98 bits per heavy atom. The van der Waals surface area contributed by atoms with Crippen molar-refractivity contribution in [1.82, 2.24) is 14.8 Å². The van der Waals surface area contributed by atoms with Crippen molar-refractivity contribution in [2.75, 3.05) is 50.8 Å². The van der Waals surface area contributed by atoms with E-state index >= 15 is 0 Å². The maximum atomic E-state index is 14.6. The summed E-state index contributed by atoms with van der Waals surface area (Å²) in [6.07, 6.45) is 5.11. The number of rotatable bonds is 7. The van der Waals surface area contributed by atoms with Gasteiger partial charge in [0.15, 0.2) is 0 Å². The van der Waals surface area contributed by atoms with Gasteiger partial charge in [-0.25, -0.2) is 15.9 Å². The van der Waals surface area contributed by atoms with Crippen LogP contribution in [-0.2, 0) is 11.2 Å². The topological polar surface area (TPSA) is 77.1 Å². The third-order valence-corrected chi connectivity index (χ3v) is 11.1. The monoisotopic (exact) mass is 616 g/mol. The number of hydrogen-bond donors (Lipinski definition) is 0. The molecule has 8 rings (SSSR count). The molecule has 1 amide bonds. The molecule has 46 heavy (non-hydrogen) atoms. The summed E-state index contributed by atoms with van der Waals surface area (Å²) in [6.45, 7) is 14.2. The molecule has 3 aliphatic heterocycles. The summed E-state index contributed by atoms with van der Waals surface area (Å²) < 4.78 is 21.1. The maximum Gasteiger partial charge on any atom is 0.246 e. The Morgan fingerprint density at radius 1 is 1.26 bits per heavy atom. The Morgan fingerprint density at radius 2 is 2.15 bits per heavy atom. The lowest BCUT2D eigenvalue weighted by Crippen LogP contribution is -2.56. The number of piperazine rings is 1. The van der Waals surface area contributed by atoms with E-state index in [-0.39, 0.29) is 36.5 Å². The normalized spacial score (nSPS) is 27.9. The number of nitrogens with zero attached hydrogens (tertiary/aromatic N) is 6. The number of aromatic nitrogens is 1. The van der Waals surface area contributed by atoms with Crippen LogP contribution in [0.25, 0.3) is 26.9 Å². The van der Waals surface area contributed by atoms with Crippen LogP contribution in [0.15, 0.2) is 49.1 Å². The van der Waals surface area contributed by atoms with Gasteiger partial charge in [-0.1, -0.05) is 36.9 Å². The highest BCUT2D eigenvalue weighted by Gasteiger charge is 2.50. The van der Waals surface area contributed by atoms with Crippen molar-refractivity contribution < 1.29 is 13.9 Å². The van der Waals surface area contributed by atoms with Gasteiger partial charge in [0.2, 0.25) is 18.3 Å². The third kappa shape index (κ3) is 4.63. The Hall–Kier alpha value is -4.47. The zero-order valence-electron chi connectivity index (χ0n) is 25.9. The summed E-state index contributed by atoms with van der Waals surface area (Å²) >= 11 is 0. The van der Waals surface area contributed by atoms with Crippen molar-refractivity contribution in [2.45, 2.75) is 55.8 Å². The molecule has 0 N–H and O–H groups in total. The van der Waals surface area contributed by atoms with Gasteiger partial charge >= 0.3 is 0 Å². The van der Waals surface area contributed by atoms with Crippen molar-refractivity contribution in [2.24, 2.45) is 5.92 Å². The molecule has 5 aliphatic rings. The fourth-order valence-electron chi connectivity index (χ4n) is 8.90. The van der Waals surface area contributed by atoms with Crippen LogP contribution in [0.1, 0.15) is 48.3 Å². The van der Waals surface area contributed by atoms with Gasteiger partial charge < -0.3 is 19.4 Å². The van der Waals surface area contributed by atoms with Crippen LogP contribution in [0, 0.1) is 23.8 Å². The number of nitriles is 1. The summed E-state index contributed by atoms with van der Waals surface area (Å²) in [7, 11) is 0. The van der Waals surface area contributed by atoms with Crippen LogP contribution in [0.3, 0.4) is 0 Å². The number of alkyl halides is 1. The molecular formula is C37H37FN6O2. The number of halogens is 1. The van der Waals surface area contributed by atoms with Gasteiger partial charge in [-0.2, -0.15) is 5.26 Å². The molecule has 0 radical (unpaired) electrons. The lowest BCUT2D eigenvalue weighted by molar-refractivity contribution is -0.128. The van der Waals surface area contributed by atoms with Gasteiger partial charge in [0.05, 0.1) is 16.7 Å². The first kappa shape index (κ1) is 29.0. The molecule has 4 heterocycles. The van der Waals surface area contributed by atoms with Crippen LogP contribution in [-0.4, -0.2) is 84.3 Å². The number of carbonyl (C=O) groups is 1. The van der Waals surface area contributed by atoms with Gasteiger partial charge in [-0.3, -0.25) is 9.69 Å². The average Bonchev–Trinajstić information content (AvgIpc) is 3.39. The van der Waals surface area contributed by atoms with Crippen LogP contribution in [0.2, 0.25) is 0 Å². The smallest absolute Gasteiger partial charge is 0.246 e.